The maximum Gasteiger partial charge on any atom is 0.119 e. The summed E-state index contributed by atoms with van der Waals surface area (Å²) in [7, 11) is 1.68. The fourth-order valence-corrected chi connectivity index (χ4v) is 3.40. The third-order valence-corrected chi connectivity index (χ3v) is 4.81. The molecule has 19 heavy (non-hydrogen) atoms. The summed E-state index contributed by atoms with van der Waals surface area (Å²) >= 11 is 1.83. The first-order valence-electron chi connectivity index (χ1n) is 6.78. The summed E-state index contributed by atoms with van der Waals surface area (Å²) < 4.78 is 5.28. The molecule has 0 heterocycles. The van der Waals surface area contributed by atoms with Gasteiger partial charge in [0.25, 0.3) is 0 Å². The van der Waals surface area contributed by atoms with Gasteiger partial charge in [0.15, 0.2) is 0 Å². The van der Waals surface area contributed by atoms with Crippen LogP contribution in [-0.2, 0) is 0 Å². The minimum atomic E-state index is 0.109. The molecule has 3 N–H and O–H groups in total. The predicted molar refractivity (Wildman–Crippen MR) is 82.8 cm³/mol. The third kappa shape index (κ3) is 5.05. The van der Waals surface area contributed by atoms with Gasteiger partial charge in [-0.25, -0.2) is 0 Å². The maximum absolute atomic E-state index is 9.03. The summed E-state index contributed by atoms with van der Waals surface area (Å²) in [6.45, 7) is 4.46. The van der Waals surface area contributed by atoms with Gasteiger partial charge in [-0.1, -0.05) is 26.0 Å². The Morgan fingerprint density at radius 3 is 2.74 bits per heavy atom. The molecule has 0 aliphatic carbocycles. The molecule has 0 amide bonds. The summed E-state index contributed by atoms with van der Waals surface area (Å²) in [4.78, 5) is 0. The van der Waals surface area contributed by atoms with E-state index in [0.29, 0.717) is 5.25 Å². The average Bonchev–Trinajstić information content (AvgIpc) is 2.44. The highest BCUT2D eigenvalue weighted by Crippen LogP contribution is 2.37. The topological polar surface area (TPSA) is 55.5 Å². The number of hydrogen-bond acceptors (Lipinski definition) is 4. The Balaban J connectivity index is 2.88. The molecule has 1 aromatic carbocycles. The highest BCUT2D eigenvalue weighted by Gasteiger charge is 2.22. The molecule has 0 fully saturated rings. The number of thioether (sulfide) groups is 1. The first-order valence-corrected chi connectivity index (χ1v) is 7.72. The Bertz CT molecular complexity index is 373. The Labute approximate surface area is 120 Å². The highest BCUT2D eigenvalue weighted by atomic mass is 32.2. The molecule has 1 rings (SSSR count). The SMILES string of the molecule is CCC(N)C(SC(C)CCO)c1cccc(OC)c1. The van der Waals surface area contributed by atoms with Crippen LogP contribution in [0.15, 0.2) is 24.3 Å². The molecule has 0 aliphatic heterocycles. The van der Waals surface area contributed by atoms with Crippen molar-refractivity contribution in [3.05, 3.63) is 29.8 Å². The Morgan fingerprint density at radius 1 is 1.42 bits per heavy atom. The van der Waals surface area contributed by atoms with Crippen LogP contribution in [0.4, 0.5) is 0 Å². The zero-order chi connectivity index (χ0) is 14.3. The Kier molecular flexibility index (Phi) is 7.28. The van der Waals surface area contributed by atoms with E-state index in [1.54, 1.807) is 7.11 Å². The van der Waals surface area contributed by atoms with E-state index >= 15 is 0 Å². The molecule has 0 bridgehead atoms. The van der Waals surface area contributed by atoms with Crippen LogP contribution in [0.1, 0.15) is 37.5 Å². The van der Waals surface area contributed by atoms with E-state index in [-0.39, 0.29) is 17.9 Å². The summed E-state index contributed by atoms with van der Waals surface area (Å²) in [5, 5.41) is 9.66. The van der Waals surface area contributed by atoms with E-state index in [1.165, 1.54) is 5.56 Å². The number of methoxy groups -OCH3 is 1. The van der Waals surface area contributed by atoms with Gasteiger partial charge < -0.3 is 15.6 Å². The summed E-state index contributed by atoms with van der Waals surface area (Å²) in [6.07, 6.45) is 1.72. The second-order valence-electron chi connectivity index (χ2n) is 4.73. The van der Waals surface area contributed by atoms with E-state index in [0.717, 1.165) is 18.6 Å². The van der Waals surface area contributed by atoms with Crippen molar-refractivity contribution in [3.63, 3.8) is 0 Å². The molecule has 0 saturated carbocycles. The molecular weight excluding hydrogens is 258 g/mol. The third-order valence-electron chi connectivity index (χ3n) is 3.20. The van der Waals surface area contributed by atoms with Gasteiger partial charge >= 0.3 is 0 Å². The van der Waals surface area contributed by atoms with Gasteiger partial charge in [-0.3, -0.25) is 0 Å². The van der Waals surface area contributed by atoms with E-state index in [4.69, 9.17) is 15.6 Å². The van der Waals surface area contributed by atoms with Crippen molar-refractivity contribution >= 4 is 11.8 Å². The molecular formula is C15H25NO2S. The van der Waals surface area contributed by atoms with Gasteiger partial charge in [-0.2, -0.15) is 0 Å². The van der Waals surface area contributed by atoms with E-state index in [2.05, 4.69) is 26.0 Å². The van der Waals surface area contributed by atoms with Crippen LogP contribution in [0.25, 0.3) is 0 Å². The second kappa shape index (κ2) is 8.46. The van der Waals surface area contributed by atoms with Gasteiger partial charge in [0.05, 0.1) is 7.11 Å². The monoisotopic (exact) mass is 283 g/mol. The molecule has 0 aromatic heterocycles. The molecule has 0 aliphatic rings. The molecule has 3 nitrogen and oxygen atoms in total. The minimum Gasteiger partial charge on any atom is -0.497 e. The molecule has 108 valence electrons. The van der Waals surface area contributed by atoms with Gasteiger partial charge in [0, 0.05) is 23.1 Å². The van der Waals surface area contributed by atoms with Crippen LogP contribution in [0.5, 0.6) is 5.75 Å². The first-order chi connectivity index (χ1) is 9.12. The van der Waals surface area contributed by atoms with Crippen molar-refractivity contribution in [1.29, 1.82) is 0 Å². The fraction of sp³-hybridized carbons (Fsp3) is 0.600. The molecule has 3 atom stereocenters. The van der Waals surface area contributed by atoms with Crippen LogP contribution in [0.3, 0.4) is 0 Å². The van der Waals surface area contributed by atoms with Crippen molar-refractivity contribution in [1.82, 2.24) is 0 Å². The fourth-order valence-electron chi connectivity index (χ4n) is 1.96. The number of aliphatic hydroxyl groups is 1. The Morgan fingerprint density at radius 2 is 2.16 bits per heavy atom. The van der Waals surface area contributed by atoms with E-state index in [9.17, 15) is 0 Å². The summed E-state index contributed by atoms with van der Waals surface area (Å²) in [6, 6.07) is 8.21. The van der Waals surface area contributed by atoms with Crippen LogP contribution in [0, 0.1) is 0 Å². The maximum atomic E-state index is 9.03. The van der Waals surface area contributed by atoms with E-state index < -0.39 is 0 Å². The van der Waals surface area contributed by atoms with Crippen LogP contribution in [-0.4, -0.2) is 30.1 Å². The standard InChI is InChI=1S/C15H25NO2S/c1-4-14(16)15(19-11(2)8-9-17)12-6-5-7-13(10-12)18-3/h5-7,10-11,14-15,17H,4,8-9,16H2,1-3H3. The molecule has 0 spiro atoms. The zero-order valence-electron chi connectivity index (χ0n) is 12.0. The number of aliphatic hydroxyl groups excluding tert-OH is 1. The molecule has 1 aromatic rings. The lowest BCUT2D eigenvalue weighted by Crippen LogP contribution is -2.27. The van der Waals surface area contributed by atoms with Gasteiger partial charge in [-0.15, -0.1) is 11.8 Å². The van der Waals surface area contributed by atoms with Crippen molar-refractivity contribution < 1.29 is 9.84 Å². The minimum absolute atomic E-state index is 0.109. The smallest absolute Gasteiger partial charge is 0.119 e. The van der Waals surface area contributed by atoms with Gasteiger partial charge in [0.1, 0.15) is 5.75 Å². The van der Waals surface area contributed by atoms with Gasteiger partial charge in [-0.05, 0) is 30.5 Å². The molecule has 4 heteroatoms. The summed E-state index contributed by atoms with van der Waals surface area (Å²) in [5.74, 6) is 0.862. The lowest BCUT2D eigenvalue weighted by molar-refractivity contribution is 0.288. The number of nitrogens with two attached hydrogens (primary N) is 1. The van der Waals surface area contributed by atoms with Crippen LogP contribution < -0.4 is 10.5 Å². The van der Waals surface area contributed by atoms with Crippen molar-refractivity contribution in [3.8, 4) is 5.75 Å². The highest BCUT2D eigenvalue weighted by molar-refractivity contribution is 8.00. The largest absolute Gasteiger partial charge is 0.497 e. The average molecular weight is 283 g/mol. The van der Waals surface area contributed by atoms with Gasteiger partial charge in [0.2, 0.25) is 0 Å². The van der Waals surface area contributed by atoms with Crippen LogP contribution in [0.2, 0.25) is 0 Å². The number of ether oxygens (including phenoxy) is 1. The summed E-state index contributed by atoms with van der Waals surface area (Å²) in [5.41, 5.74) is 7.46. The molecule has 0 radical (unpaired) electrons. The second-order valence-corrected chi connectivity index (χ2v) is 6.31. The van der Waals surface area contributed by atoms with Crippen molar-refractivity contribution in [2.75, 3.05) is 13.7 Å². The molecule has 0 saturated heterocycles. The number of benzene rings is 1. The number of hydrogen-bond donors (Lipinski definition) is 2. The van der Waals surface area contributed by atoms with E-state index in [1.807, 2.05) is 23.9 Å². The lowest BCUT2D eigenvalue weighted by Gasteiger charge is -2.26. The molecule has 3 unspecified atom stereocenters. The zero-order valence-corrected chi connectivity index (χ0v) is 12.8. The van der Waals surface area contributed by atoms with Crippen molar-refractivity contribution in [2.24, 2.45) is 5.73 Å². The predicted octanol–water partition coefficient (Wildman–Crippen LogP) is 2.98. The quantitative estimate of drug-likeness (QED) is 0.770. The Hall–Kier alpha value is -0.710. The van der Waals surface area contributed by atoms with Crippen LogP contribution >= 0.6 is 11.8 Å². The van der Waals surface area contributed by atoms with Crippen molar-refractivity contribution in [2.45, 2.75) is 43.2 Å². The normalized spacial score (nSPS) is 15.8. The first kappa shape index (κ1) is 16.3. The number of rotatable bonds is 8. The lowest BCUT2D eigenvalue weighted by atomic mass is 10.0.